The maximum Gasteiger partial charge on any atom is 0.243 e. The van der Waals surface area contributed by atoms with E-state index in [1.807, 2.05) is 0 Å². The van der Waals surface area contributed by atoms with Crippen molar-refractivity contribution in [3.8, 4) is 0 Å². The topological polar surface area (TPSA) is 41.1 Å². The first-order chi connectivity index (χ1) is 8.60. The molecule has 1 aliphatic carbocycles. The zero-order valence-electron chi connectivity index (χ0n) is 9.80. The summed E-state index contributed by atoms with van der Waals surface area (Å²) in [7, 11) is 0. The van der Waals surface area contributed by atoms with E-state index >= 15 is 0 Å². The molecule has 3 nitrogen and oxygen atoms in total. The van der Waals surface area contributed by atoms with Crippen molar-refractivity contribution < 1.29 is 9.18 Å². The fraction of sp³-hybridized carbons (Fsp3) is 0.462. The fourth-order valence-corrected chi connectivity index (χ4v) is 3.26. The minimum Gasteiger partial charge on any atom is -0.336 e. The van der Waals surface area contributed by atoms with Gasteiger partial charge in [-0.3, -0.25) is 10.1 Å². The van der Waals surface area contributed by atoms with Gasteiger partial charge in [0.25, 0.3) is 0 Å². The van der Waals surface area contributed by atoms with Gasteiger partial charge in [-0.05, 0) is 59.3 Å². The Kier molecular flexibility index (Phi) is 2.90. The van der Waals surface area contributed by atoms with Gasteiger partial charge in [0.2, 0.25) is 5.91 Å². The number of halogens is 2. The van der Waals surface area contributed by atoms with Crippen molar-refractivity contribution in [2.45, 2.75) is 37.4 Å². The van der Waals surface area contributed by atoms with E-state index in [-0.39, 0.29) is 23.4 Å². The van der Waals surface area contributed by atoms with E-state index in [9.17, 15) is 9.18 Å². The molecule has 1 atom stereocenters. The first-order valence-corrected chi connectivity index (χ1v) is 6.94. The number of benzene rings is 1. The minimum absolute atomic E-state index is 0.0181. The number of carbonyl (C=O) groups is 1. The highest BCUT2D eigenvalue weighted by molar-refractivity contribution is 9.10. The Morgan fingerprint density at radius 3 is 2.72 bits per heavy atom. The summed E-state index contributed by atoms with van der Waals surface area (Å²) in [6.45, 7) is 0. The van der Waals surface area contributed by atoms with Crippen molar-refractivity contribution in [3.05, 3.63) is 34.1 Å². The van der Waals surface area contributed by atoms with Gasteiger partial charge in [0, 0.05) is 0 Å². The van der Waals surface area contributed by atoms with Crippen molar-refractivity contribution >= 4 is 21.8 Å². The molecule has 1 heterocycles. The Balaban J connectivity index is 1.88. The normalized spacial score (nSPS) is 25.7. The lowest BCUT2D eigenvalue weighted by molar-refractivity contribution is -0.121. The number of carbonyl (C=O) groups excluding carboxylic acids is 1. The van der Waals surface area contributed by atoms with Crippen molar-refractivity contribution in [2.75, 3.05) is 0 Å². The van der Waals surface area contributed by atoms with Crippen LogP contribution < -0.4 is 10.6 Å². The molecule has 1 aliphatic heterocycles. The first-order valence-electron chi connectivity index (χ1n) is 6.14. The van der Waals surface area contributed by atoms with Gasteiger partial charge in [0.1, 0.15) is 11.9 Å². The van der Waals surface area contributed by atoms with Crippen LogP contribution in [-0.4, -0.2) is 11.6 Å². The van der Waals surface area contributed by atoms with Gasteiger partial charge in [0.15, 0.2) is 0 Å². The van der Waals surface area contributed by atoms with E-state index in [1.165, 1.54) is 6.07 Å². The molecule has 1 spiro atoms. The summed E-state index contributed by atoms with van der Waals surface area (Å²) in [4.78, 5) is 12.0. The van der Waals surface area contributed by atoms with Gasteiger partial charge in [-0.2, -0.15) is 0 Å². The number of amides is 1. The van der Waals surface area contributed by atoms with E-state index in [0.717, 1.165) is 31.2 Å². The Labute approximate surface area is 113 Å². The van der Waals surface area contributed by atoms with E-state index in [4.69, 9.17) is 0 Å². The first kappa shape index (κ1) is 12.1. The smallest absolute Gasteiger partial charge is 0.243 e. The van der Waals surface area contributed by atoms with Gasteiger partial charge in [-0.1, -0.05) is 6.07 Å². The van der Waals surface area contributed by atoms with Crippen LogP contribution in [0.5, 0.6) is 0 Å². The Bertz CT molecular complexity index is 500. The van der Waals surface area contributed by atoms with Crippen molar-refractivity contribution in [1.29, 1.82) is 0 Å². The maximum atomic E-state index is 13.2. The van der Waals surface area contributed by atoms with Gasteiger partial charge in [-0.15, -0.1) is 0 Å². The molecule has 3 rings (SSSR count). The predicted molar refractivity (Wildman–Crippen MR) is 69.3 cm³/mol. The highest BCUT2D eigenvalue weighted by atomic mass is 79.9. The summed E-state index contributed by atoms with van der Waals surface area (Å²) in [6, 6.07) is 4.33. The second kappa shape index (κ2) is 4.31. The van der Waals surface area contributed by atoms with Crippen LogP contribution in [0.15, 0.2) is 22.7 Å². The molecule has 1 aromatic carbocycles. The summed E-state index contributed by atoms with van der Waals surface area (Å²) < 4.78 is 13.6. The van der Waals surface area contributed by atoms with Gasteiger partial charge < -0.3 is 5.32 Å². The van der Waals surface area contributed by atoms with Crippen LogP contribution in [-0.2, 0) is 4.79 Å². The lowest BCUT2D eigenvalue weighted by atomic mass is 10.1. The molecule has 0 aromatic heterocycles. The summed E-state index contributed by atoms with van der Waals surface area (Å²) >= 11 is 3.15. The van der Waals surface area contributed by atoms with Crippen LogP contribution in [0.25, 0.3) is 0 Å². The molecule has 1 amide bonds. The fourth-order valence-electron chi connectivity index (χ4n) is 2.86. The molecule has 2 fully saturated rings. The zero-order valence-corrected chi connectivity index (χ0v) is 11.4. The van der Waals surface area contributed by atoms with Crippen LogP contribution in [0.3, 0.4) is 0 Å². The molecule has 0 radical (unpaired) electrons. The van der Waals surface area contributed by atoms with Crippen molar-refractivity contribution in [3.63, 3.8) is 0 Å². The van der Waals surface area contributed by atoms with Gasteiger partial charge in [0.05, 0.1) is 10.1 Å². The van der Waals surface area contributed by atoms with Gasteiger partial charge in [-0.25, -0.2) is 4.39 Å². The average Bonchev–Trinajstić information content (AvgIpc) is 2.91. The van der Waals surface area contributed by atoms with Crippen LogP contribution >= 0.6 is 15.9 Å². The second-order valence-corrected chi connectivity index (χ2v) is 5.88. The molecule has 0 unspecified atom stereocenters. The monoisotopic (exact) mass is 312 g/mol. The maximum absolute atomic E-state index is 13.2. The quantitative estimate of drug-likeness (QED) is 0.837. The van der Waals surface area contributed by atoms with Crippen LogP contribution in [0, 0.1) is 5.82 Å². The number of hydrogen-bond acceptors (Lipinski definition) is 2. The van der Waals surface area contributed by atoms with E-state index in [0.29, 0.717) is 4.47 Å². The molecular formula is C13H14BrFN2O. The molecular weight excluding hydrogens is 299 g/mol. The summed E-state index contributed by atoms with van der Waals surface area (Å²) in [5.74, 6) is -0.330. The third-order valence-electron chi connectivity index (χ3n) is 3.78. The molecule has 1 saturated heterocycles. The molecule has 1 saturated carbocycles. The van der Waals surface area contributed by atoms with E-state index in [2.05, 4.69) is 26.6 Å². The highest BCUT2D eigenvalue weighted by Gasteiger charge is 2.45. The average molecular weight is 313 g/mol. The highest BCUT2D eigenvalue weighted by Crippen LogP contribution is 2.35. The van der Waals surface area contributed by atoms with Crippen molar-refractivity contribution in [1.82, 2.24) is 10.6 Å². The molecule has 2 N–H and O–H groups in total. The number of rotatable bonds is 1. The van der Waals surface area contributed by atoms with Crippen molar-refractivity contribution in [2.24, 2.45) is 0 Å². The lowest BCUT2D eigenvalue weighted by Gasteiger charge is -2.23. The standard InChI is InChI=1S/C13H14BrFN2O/c14-9-7-8(3-4-10(9)15)11-12(18)17-13(16-11)5-1-2-6-13/h3-4,7,11,16H,1-2,5-6H2,(H,17,18)/t11-/m0/s1. The third-order valence-corrected chi connectivity index (χ3v) is 4.39. The number of nitrogens with one attached hydrogen (secondary N) is 2. The summed E-state index contributed by atoms with van der Waals surface area (Å²) in [6.07, 6.45) is 4.20. The zero-order chi connectivity index (χ0) is 12.8. The van der Waals surface area contributed by atoms with Crippen LogP contribution in [0.2, 0.25) is 0 Å². The van der Waals surface area contributed by atoms with E-state index in [1.54, 1.807) is 12.1 Å². The molecule has 18 heavy (non-hydrogen) atoms. The summed E-state index contributed by atoms with van der Waals surface area (Å²) in [5, 5.41) is 6.43. The Hall–Kier alpha value is -0.940. The SMILES string of the molecule is O=C1NC2(CCCC2)N[C@H]1c1ccc(F)c(Br)c1. The minimum atomic E-state index is -0.375. The van der Waals surface area contributed by atoms with E-state index < -0.39 is 0 Å². The predicted octanol–water partition coefficient (Wildman–Crippen LogP) is 2.62. The molecule has 5 heteroatoms. The molecule has 2 aliphatic rings. The largest absolute Gasteiger partial charge is 0.336 e. The molecule has 0 bridgehead atoms. The Morgan fingerprint density at radius 2 is 2.06 bits per heavy atom. The second-order valence-electron chi connectivity index (χ2n) is 5.03. The summed E-state index contributed by atoms with van der Waals surface area (Å²) in [5.41, 5.74) is 0.562. The lowest BCUT2D eigenvalue weighted by Crippen LogP contribution is -2.46. The Morgan fingerprint density at radius 1 is 1.33 bits per heavy atom. The van der Waals surface area contributed by atoms with Crippen LogP contribution in [0.4, 0.5) is 4.39 Å². The number of hydrogen-bond donors (Lipinski definition) is 2. The van der Waals surface area contributed by atoms with Crippen LogP contribution in [0.1, 0.15) is 37.3 Å². The molecule has 1 aromatic rings. The third kappa shape index (κ3) is 1.95. The van der Waals surface area contributed by atoms with Gasteiger partial charge >= 0.3 is 0 Å². The molecule has 96 valence electrons.